The van der Waals surface area contributed by atoms with Crippen molar-refractivity contribution in [2.24, 2.45) is 0 Å². The average molecular weight is 489 g/mol. The zero-order valence-corrected chi connectivity index (χ0v) is 25.0. The Morgan fingerprint density at radius 1 is 0.548 bits per heavy atom. The van der Waals surface area contributed by atoms with Gasteiger partial charge in [-0.3, -0.25) is 0 Å². The molecule has 6 heteroatoms. The van der Waals surface area contributed by atoms with Crippen LogP contribution in [0.2, 0.25) is 0 Å². The second-order valence-corrected chi connectivity index (χ2v) is 10.8. The Bertz CT molecular complexity index is 473. The van der Waals surface area contributed by atoms with Crippen LogP contribution in [-0.4, -0.2) is 18.0 Å². The fourth-order valence-corrected chi connectivity index (χ4v) is 4.92. The molecule has 182 valence electrons. The summed E-state index contributed by atoms with van der Waals surface area (Å²) in [5.74, 6) is 0. The second kappa shape index (κ2) is 23.2. The Morgan fingerprint density at radius 3 is 1.00 bits per heavy atom. The van der Waals surface area contributed by atoms with E-state index in [1.54, 1.807) is 0 Å². The van der Waals surface area contributed by atoms with E-state index in [1.165, 1.54) is 64.2 Å². The van der Waals surface area contributed by atoms with E-state index in [4.69, 9.17) is 0 Å². The van der Waals surface area contributed by atoms with Crippen LogP contribution in [0.4, 0.5) is 4.39 Å². The predicted octanol–water partition coefficient (Wildman–Crippen LogP) is 5.82. The van der Waals surface area contributed by atoms with Crippen LogP contribution >= 0.6 is 0 Å². The molecule has 0 fully saturated rings. The fraction of sp³-hybridized carbons (Fsp3) is 1.00. The van der Waals surface area contributed by atoms with Crippen LogP contribution in [0.1, 0.15) is 155 Å². The molecule has 0 saturated carbocycles. The summed E-state index contributed by atoms with van der Waals surface area (Å²) in [5, 5.41) is -2.56. The molecule has 0 bridgehead atoms. The van der Waals surface area contributed by atoms with Crippen molar-refractivity contribution in [3.8, 4) is 0 Å². The van der Waals surface area contributed by atoms with E-state index in [2.05, 4.69) is 13.8 Å². The van der Waals surface area contributed by atoms with Gasteiger partial charge in [0.05, 0.1) is 0 Å². The molecule has 0 radical (unpaired) electrons. The van der Waals surface area contributed by atoms with Crippen molar-refractivity contribution in [3.05, 3.63) is 0 Å². The number of alkyl halides is 1. The van der Waals surface area contributed by atoms with Crippen LogP contribution < -0.4 is 51.4 Å². The molecule has 1 unspecified atom stereocenters. The Labute approximate surface area is 236 Å². The predicted molar refractivity (Wildman–Crippen MR) is 126 cm³/mol. The van der Waals surface area contributed by atoms with Gasteiger partial charge in [-0.2, -0.15) is 0 Å². The number of halogens is 1. The number of rotatable bonds is 23. The summed E-state index contributed by atoms with van der Waals surface area (Å²) in [5.41, 5.74) is 0. The zero-order chi connectivity index (χ0) is 22.6. The molecular formula is C25H50FKO3S. The molecule has 0 saturated heterocycles. The van der Waals surface area contributed by atoms with Crippen molar-refractivity contribution >= 4 is 10.1 Å². The van der Waals surface area contributed by atoms with E-state index in [-0.39, 0.29) is 64.2 Å². The molecule has 0 aliphatic rings. The first-order chi connectivity index (χ1) is 14.4. The topological polar surface area (TPSA) is 57.2 Å². The first-order valence-electron chi connectivity index (χ1n) is 13.0. The Hall–Kier alpha value is 1.48. The first kappa shape index (κ1) is 34.6. The molecule has 0 aliphatic carbocycles. The molecule has 0 N–H and O–H groups in total. The standard InChI is InChI=1S/C25H51FO3S.K/c1-3-5-7-9-11-12-13-14-15-16-17-18-20-22-24-25(26,30(27,28)29)23-21-19-10-8-6-4-2;/h3-24H2,1-2H3,(H,27,28,29);/q;+1/p-1. The molecule has 31 heavy (non-hydrogen) atoms. The minimum atomic E-state index is -4.90. The Morgan fingerprint density at radius 2 is 0.774 bits per heavy atom. The summed E-state index contributed by atoms with van der Waals surface area (Å²) < 4.78 is 49.2. The molecular weight excluding hydrogens is 438 g/mol. The molecule has 0 aliphatic heterocycles. The smallest absolute Gasteiger partial charge is 0.745 e. The van der Waals surface area contributed by atoms with E-state index in [9.17, 15) is 17.4 Å². The van der Waals surface area contributed by atoms with Gasteiger partial charge in [0.1, 0.15) is 10.1 Å². The minimum absolute atomic E-state index is 0. The van der Waals surface area contributed by atoms with Gasteiger partial charge in [-0.1, -0.05) is 129 Å². The van der Waals surface area contributed by atoms with Gasteiger partial charge in [0, 0.05) is 0 Å². The van der Waals surface area contributed by atoms with Crippen molar-refractivity contribution in [2.45, 2.75) is 160 Å². The third kappa shape index (κ3) is 20.6. The molecule has 3 nitrogen and oxygen atoms in total. The summed E-state index contributed by atoms with van der Waals surface area (Å²) in [4.78, 5) is 0. The van der Waals surface area contributed by atoms with E-state index in [0.717, 1.165) is 51.4 Å². The first-order valence-corrected chi connectivity index (χ1v) is 14.4. The van der Waals surface area contributed by atoms with Crippen LogP contribution in [0.25, 0.3) is 0 Å². The SMILES string of the molecule is CCCCCCCCCCCCCCCCC(F)(CCCCCCCC)S(=O)(=O)[O-].[K+]. The molecule has 0 spiro atoms. The summed E-state index contributed by atoms with van der Waals surface area (Å²) in [6, 6.07) is 0. The molecule has 0 aromatic heterocycles. The van der Waals surface area contributed by atoms with Gasteiger partial charge in [-0.05, 0) is 25.7 Å². The van der Waals surface area contributed by atoms with Gasteiger partial charge in [0.25, 0.3) is 0 Å². The van der Waals surface area contributed by atoms with Crippen molar-refractivity contribution in [1.82, 2.24) is 0 Å². The fourth-order valence-electron chi connectivity index (χ4n) is 4.13. The molecule has 0 heterocycles. The van der Waals surface area contributed by atoms with Crippen LogP contribution in [-0.2, 0) is 10.1 Å². The van der Waals surface area contributed by atoms with Gasteiger partial charge < -0.3 is 4.55 Å². The quantitative estimate of drug-likeness (QED) is 0.103. The van der Waals surface area contributed by atoms with Gasteiger partial charge in [-0.15, -0.1) is 0 Å². The van der Waals surface area contributed by atoms with Crippen LogP contribution in [0, 0.1) is 0 Å². The third-order valence-electron chi connectivity index (χ3n) is 6.26. The van der Waals surface area contributed by atoms with Crippen LogP contribution in [0.3, 0.4) is 0 Å². The van der Waals surface area contributed by atoms with Gasteiger partial charge >= 0.3 is 51.4 Å². The van der Waals surface area contributed by atoms with E-state index in [1.807, 2.05) is 0 Å². The van der Waals surface area contributed by atoms with Crippen molar-refractivity contribution < 1.29 is 68.7 Å². The number of unbranched alkanes of at least 4 members (excludes halogenated alkanes) is 18. The summed E-state index contributed by atoms with van der Waals surface area (Å²) in [6.07, 6.45) is 22.1. The van der Waals surface area contributed by atoms with Crippen molar-refractivity contribution in [2.75, 3.05) is 0 Å². The number of hydrogen-bond donors (Lipinski definition) is 0. The third-order valence-corrected chi connectivity index (χ3v) is 7.56. The summed E-state index contributed by atoms with van der Waals surface area (Å²) in [7, 11) is -4.90. The van der Waals surface area contributed by atoms with Crippen molar-refractivity contribution in [1.29, 1.82) is 0 Å². The van der Waals surface area contributed by atoms with Crippen molar-refractivity contribution in [3.63, 3.8) is 0 Å². The molecule has 0 aromatic rings. The van der Waals surface area contributed by atoms with Crippen LogP contribution in [0.15, 0.2) is 0 Å². The normalized spacial score (nSPS) is 13.7. The summed E-state index contributed by atoms with van der Waals surface area (Å²) in [6.45, 7) is 4.38. The maximum atomic E-state index is 14.8. The van der Waals surface area contributed by atoms with Gasteiger partial charge in [-0.25, -0.2) is 12.8 Å². The Balaban J connectivity index is 0. The summed E-state index contributed by atoms with van der Waals surface area (Å²) >= 11 is 0. The van der Waals surface area contributed by atoms with Crippen LogP contribution in [0.5, 0.6) is 0 Å². The Kier molecular flexibility index (Phi) is 26.0. The molecule has 0 rings (SSSR count). The molecule has 0 aromatic carbocycles. The maximum absolute atomic E-state index is 14.8. The van der Waals surface area contributed by atoms with E-state index < -0.39 is 15.1 Å². The van der Waals surface area contributed by atoms with E-state index in [0.29, 0.717) is 12.8 Å². The van der Waals surface area contributed by atoms with Gasteiger partial charge in [0.15, 0.2) is 5.00 Å². The monoisotopic (exact) mass is 488 g/mol. The largest absolute Gasteiger partial charge is 1.00 e. The van der Waals surface area contributed by atoms with Gasteiger partial charge in [0.2, 0.25) is 0 Å². The average Bonchev–Trinajstić information content (AvgIpc) is 2.70. The number of hydrogen-bond acceptors (Lipinski definition) is 3. The van der Waals surface area contributed by atoms with E-state index >= 15 is 0 Å². The molecule has 0 amide bonds. The minimum Gasteiger partial charge on any atom is -0.745 e. The second-order valence-electron chi connectivity index (χ2n) is 9.20. The maximum Gasteiger partial charge on any atom is 1.00 e. The zero-order valence-electron chi connectivity index (χ0n) is 21.1. The molecule has 1 atom stereocenters.